The first kappa shape index (κ1) is 14.0. The van der Waals surface area contributed by atoms with Crippen molar-refractivity contribution in [3.05, 3.63) is 69.9 Å². The van der Waals surface area contributed by atoms with E-state index in [0.717, 1.165) is 0 Å². The number of rotatable bonds is 3. The zero-order chi connectivity index (χ0) is 15.5. The van der Waals surface area contributed by atoms with E-state index in [1.807, 2.05) is 18.2 Å². The van der Waals surface area contributed by atoms with Gasteiger partial charge in [-0.1, -0.05) is 24.3 Å². The van der Waals surface area contributed by atoms with Gasteiger partial charge < -0.3 is 9.72 Å². The van der Waals surface area contributed by atoms with Crippen molar-refractivity contribution in [2.24, 2.45) is 0 Å². The highest BCUT2D eigenvalue weighted by molar-refractivity contribution is 5.76. The van der Waals surface area contributed by atoms with Gasteiger partial charge in [-0.15, -0.1) is 0 Å². The molecule has 0 amide bonds. The van der Waals surface area contributed by atoms with Crippen LogP contribution in [-0.4, -0.2) is 17.1 Å². The molecule has 3 rings (SSSR count). The molecule has 0 fully saturated rings. The fraction of sp³-hybridized carbons (Fsp3) is 0.0588. The smallest absolute Gasteiger partial charge is 0.274 e. The first-order valence-electron chi connectivity index (χ1n) is 6.68. The molecule has 0 bridgehead atoms. The van der Waals surface area contributed by atoms with E-state index in [0.29, 0.717) is 16.6 Å². The van der Waals surface area contributed by atoms with Gasteiger partial charge >= 0.3 is 0 Å². The molecule has 0 aliphatic rings. The number of benzene rings is 2. The first-order chi connectivity index (χ1) is 10.7. The number of nitrogens with zero attached hydrogens (tertiary/aromatic N) is 1. The lowest BCUT2D eigenvalue weighted by molar-refractivity contribution is 0.386. The predicted molar refractivity (Wildman–Crippen MR) is 84.2 cm³/mol. The molecule has 4 nitrogen and oxygen atoms in total. The third-order valence-electron chi connectivity index (χ3n) is 3.24. The number of aromatic amines is 1. The Hall–Kier alpha value is -2.95. The number of hydrogen-bond donors (Lipinski definition) is 1. The summed E-state index contributed by atoms with van der Waals surface area (Å²) in [4.78, 5) is 19.0. The van der Waals surface area contributed by atoms with Crippen LogP contribution in [0.5, 0.6) is 5.75 Å². The molecule has 0 aliphatic carbocycles. The second-order valence-electron chi connectivity index (χ2n) is 4.70. The van der Waals surface area contributed by atoms with E-state index in [-0.39, 0.29) is 17.0 Å². The maximum Gasteiger partial charge on any atom is 0.274 e. The van der Waals surface area contributed by atoms with E-state index < -0.39 is 5.82 Å². The zero-order valence-corrected chi connectivity index (χ0v) is 11.8. The van der Waals surface area contributed by atoms with Gasteiger partial charge in [0.25, 0.3) is 5.56 Å². The average Bonchev–Trinajstić information content (AvgIpc) is 2.53. The quantitative estimate of drug-likeness (QED) is 0.807. The zero-order valence-electron chi connectivity index (χ0n) is 11.8. The van der Waals surface area contributed by atoms with Crippen LogP contribution in [0.15, 0.2) is 47.3 Å². The van der Waals surface area contributed by atoms with Crippen LogP contribution in [0.25, 0.3) is 23.2 Å². The summed E-state index contributed by atoms with van der Waals surface area (Å²) in [5, 5.41) is 0. The Morgan fingerprint density at radius 2 is 2.00 bits per heavy atom. The lowest BCUT2D eigenvalue weighted by Gasteiger charge is -2.02. The Labute approximate surface area is 125 Å². The summed E-state index contributed by atoms with van der Waals surface area (Å²) in [6.07, 6.45) is 3.20. The minimum absolute atomic E-state index is 0.179. The highest BCUT2D eigenvalue weighted by Gasteiger charge is 2.03. The molecule has 0 saturated carbocycles. The van der Waals surface area contributed by atoms with Crippen LogP contribution in [0.2, 0.25) is 0 Å². The predicted octanol–water partition coefficient (Wildman–Crippen LogP) is 3.24. The molecule has 0 spiro atoms. The van der Waals surface area contributed by atoms with Crippen molar-refractivity contribution in [2.45, 2.75) is 0 Å². The van der Waals surface area contributed by atoms with Crippen molar-refractivity contribution in [1.82, 2.24) is 9.97 Å². The number of ether oxygens (including phenoxy) is 1. The summed E-state index contributed by atoms with van der Waals surface area (Å²) in [6, 6.07) is 11.9. The molecule has 110 valence electrons. The highest BCUT2D eigenvalue weighted by Crippen LogP contribution is 2.18. The van der Waals surface area contributed by atoms with Crippen LogP contribution in [0.4, 0.5) is 4.39 Å². The molecule has 0 radical (unpaired) electrons. The summed E-state index contributed by atoms with van der Waals surface area (Å²) in [5.41, 5.74) is 1.98. The van der Waals surface area contributed by atoms with Gasteiger partial charge in [0.1, 0.15) is 5.69 Å². The van der Waals surface area contributed by atoms with Gasteiger partial charge in [0, 0.05) is 0 Å². The monoisotopic (exact) mass is 296 g/mol. The molecule has 1 aromatic heterocycles. The van der Waals surface area contributed by atoms with Gasteiger partial charge in [0.05, 0.1) is 18.1 Å². The van der Waals surface area contributed by atoms with Gasteiger partial charge in [0.2, 0.25) is 0 Å². The fourth-order valence-electron chi connectivity index (χ4n) is 2.12. The second kappa shape index (κ2) is 5.81. The molecule has 0 saturated heterocycles. The minimum Gasteiger partial charge on any atom is -0.494 e. The highest BCUT2D eigenvalue weighted by atomic mass is 19.1. The maximum absolute atomic E-state index is 13.6. The van der Waals surface area contributed by atoms with E-state index in [4.69, 9.17) is 4.74 Å². The van der Waals surface area contributed by atoms with Crippen molar-refractivity contribution >= 4 is 23.2 Å². The van der Waals surface area contributed by atoms with Crippen LogP contribution < -0.4 is 10.3 Å². The Morgan fingerprint density at radius 3 is 2.77 bits per heavy atom. The number of halogens is 1. The SMILES string of the molecule is COc1ccc(/C=C/c2nc3ccccc3[nH]c2=O)cc1F. The second-order valence-corrected chi connectivity index (χ2v) is 4.70. The Bertz CT molecular complexity index is 916. The summed E-state index contributed by atoms with van der Waals surface area (Å²) >= 11 is 0. The fourth-order valence-corrected chi connectivity index (χ4v) is 2.12. The number of H-pyrrole nitrogens is 1. The van der Waals surface area contributed by atoms with E-state index in [9.17, 15) is 9.18 Å². The molecule has 0 aliphatic heterocycles. The Kier molecular flexibility index (Phi) is 3.70. The molecule has 0 atom stereocenters. The molecule has 2 aromatic carbocycles. The lowest BCUT2D eigenvalue weighted by Crippen LogP contribution is -2.11. The Balaban J connectivity index is 1.97. The molecular weight excluding hydrogens is 283 g/mol. The first-order valence-corrected chi connectivity index (χ1v) is 6.68. The summed E-state index contributed by atoms with van der Waals surface area (Å²) in [5.74, 6) is -0.274. The number of hydrogen-bond acceptors (Lipinski definition) is 3. The van der Waals surface area contributed by atoms with E-state index in [2.05, 4.69) is 9.97 Å². The number of nitrogens with one attached hydrogen (secondary N) is 1. The van der Waals surface area contributed by atoms with E-state index in [1.165, 1.54) is 19.2 Å². The summed E-state index contributed by atoms with van der Waals surface area (Å²) < 4.78 is 18.5. The number of methoxy groups -OCH3 is 1. The number of aromatic nitrogens is 2. The third-order valence-corrected chi connectivity index (χ3v) is 3.24. The molecule has 22 heavy (non-hydrogen) atoms. The van der Waals surface area contributed by atoms with Crippen LogP contribution in [0.3, 0.4) is 0 Å². The minimum atomic E-state index is -0.454. The van der Waals surface area contributed by atoms with Crippen molar-refractivity contribution in [3.8, 4) is 5.75 Å². The van der Waals surface area contributed by atoms with Crippen LogP contribution in [-0.2, 0) is 0 Å². The largest absolute Gasteiger partial charge is 0.494 e. The van der Waals surface area contributed by atoms with Crippen LogP contribution >= 0.6 is 0 Å². The number of fused-ring (bicyclic) bond motifs is 1. The molecule has 0 unspecified atom stereocenters. The standard InChI is InChI=1S/C17H13FN2O2/c1-22-16-9-7-11(10-12(16)18)6-8-15-17(21)20-14-5-3-2-4-13(14)19-15/h2-10H,1H3,(H,20,21)/b8-6+. The van der Waals surface area contributed by atoms with Crippen LogP contribution in [0.1, 0.15) is 11.3 Å². The summed E-state index contributed by atoms with van der Waals surface area (Å²) in [7, 11) is 1.41. The van der Waals surface area contributed by atoms with Crippen LogP contribution in [0, 0.1) is 5.82 Å². The maximum atomic E-state index is 13.6. The topological polar surface area (TPSA) is 55.0 Å². The van der Waals surface area contributed by atoms with Crippen molar-refractivity contribution in [3.63, 3.8) is 0 Å². The van der Waals surface area contributed by atoms with Gasteiger partial charge in [-0.05, 0) is 35.9 Å². The summed E-state index contributed by atoms with van der Waals surface area (Å²) in [6.45, 7) is 0. The Morgan fingerprint density at radius 1 is 1.18 bits per heavy atom. The molecule has 1 heterocycles. The molecular formula is C17H13FN2O2. The van der Waals surface area contributed by atoms with Gasteiger partial charge in [-0.25, -0.2) is 9.37 Å². The lowest BCUT2D eigenvalue weighted by atomic mass is 10.2. The molecule has 1 N–H and O–H groups in total. The van der Waals surface area contributed by atoms with E-state index >= 15 is 0 Å². The number of para-hydroxylation sites is 2. The van der Waals surface area contributed by atoms with Gasteiger partial charge in [-0.2, -0.15) is 0 Å². The average molecular weight is 296 g/mol. The van der Waals surface area contributed by atoms with Crippen molar-refractivity contribution in [2.75, 3.05) is 7.11 Å². The molecule has 5 heteroatoms. The van der Waals surface area contributed by atoms with Crippen molar-refractivity contribution < 1.29 is 9.13 Å². The van der Waals surface area contributed by atoms with Gasteiger partial charge in [-0.3, -0.25) is 4.79 Å². The normalized spacial score (nSPS) is 11.2. The van der Waals surface area contributed by atoms with E-state index in [1.54, 1.807) is 24.3 Å². The molecule has 3 aromatic rings. The van der Waals surface area contributed by atoms with Crippen molar-refractivity contribution in [1.29, 1.82) is 0 Å². The third kappa shape index (κ3) is 2.74. The van der Waals surface area contributed by atoms with Gasteiger partial charge in [0.15, 0.2) is 11.6 Å².